The fourth-order valence-electron chi connectivity index (χ4n) is 4.14. The van der Waals surface area contributed by atoms with Gasteiger partial charge in [0.2, 0.25) is 0 Å². The summed E-state index contributed by atoms with van der Waals surface area (Å²) in [6.45, 7) is 3.37. The molecule has 2 aromatic carbocycles. The normalized spacial score (nSPS) is 18.2. The maximum Gasteiger partial charge on any atom is 0.152 e. The van der Waals surface area contributed by atoms with Crippen molar-refractivity contribution >= 4 is 24.2 Å². The Balaban J connectivity index is 0.00000205. The van der Waals surface area contributed by atoms with Crippen LogP contribution in [0.2, 0.25) is 0 Å². The summed E-state index contributed by atoms with van der Waals surface area (Å²) >= 11 is 2.05. The van der Waals surface area contributed by atoms with Crippen LogP contribution in [-0.2, 0) is 5.41 Å². The third-order valence-corrected chi connectivity index (χ3v) is 6.80. The van der Waals surface area contributed by atoms with Crippen LogP contribution in [0, 0.1) is 0 Å². The van der Waals surface area contributed by atoms with E-state index in [-0.39, 0.29) is 23.6 Å². The molecule has 0 radical (unpaired) electrons. The molecule has 29 heavy (non-hydrogen) atoms. The molecule has 0 unspecified atom stereocenters. The molecule has 0 spiro atoms. The lowest BCUT2D eigenvalue weighted by Gasteiger charge is -2.29. The van der Waals surface area contributed by atoms with Crippen molar-refractivity contribution in [3.05, 3.63) is 60.4 Å². The summed E-state index contributed by atoms with van der Waals surface area (Å²) in [6, 6.07) is 17.7. The highest BCUT2D eigenvalue weighted by Crippen LogP contribution is 2.53. The van der Waals surface area contributed by atoms with Gasteiger partial charge in [-0.1, -0.05) is 35.5 Å². The Morgan fingerprint density at radius 1 is 0.966 bits per heavy atom. The number of phenolic OH excluding ortho intramolecular Hbond substituents is 1. The number of aromatic nitrogens is 1. The topological polar surface area (TPSA) is 49.5 Å². The summed E-state index contributed by atoms with van der Waals surface area (Å²) in [5.74, 6) is 3.73. The molecule has 152 valence electrons. The second kappa shape index (κ2) is 8.42. The molecular weight excluding hydrogens is 404 g/mol. The minimum atomic E-state index is 0. The summed E-state index contributed by atoms with van der Waals surface area (Å²) in [5, 5.41) is 14.2. The van der Waals surface area contributed by atoms with Crippen LogP contribution in [0.3, 0.4) is 0 Å². The van der Waals surface area contributed by atoms with Gasteiger partial charge in [0.05, 0.1) is 5.56 Å². The van der Waals surface area contributed by atoms with Crippen LogP contribution < -0.4 is 0 Å². The highest BCUT2D eigenvalue weighted by molar-refractivity contribution is 7.99. The second-order valence-electron chi connectivity index (χ2n) is 7.82. The van der Waals surface area contributed by atoms with Gasteiger partial charge < -0.3 is 14.5 Å². The molecule has 0 amide bonds. The van der Waals surface area contributed by atoms with E-state index < -0.39 is 0 Å². The molecule has 5 rings (SSSR count). The van der Waals surface area contributed by atoms with Crippen LogP contribution >= 0.6 is 24.2 Å². The van der Waals surface area contributed by atoms with Crippen molar-refractivity contribution in [2.24, 2.45) is 0 Å². The summed E-state index contributed by atoms with van der Waals surface area (Å²) in [7, 11) is 0. The number of benzene rings is 2. The van der Waals surface area contributed by atoms with Gasteiger partial charge in [0.25, 0.3) is 0 Å². The van der Waals surface area contributed by atoms with Gasteiger partial charge in [-0.25, -0.2) is 0 Å². The predicted octanol–water partition coefficient (Wildman–Crippen LogP) is 5.22. The molecule has 0 atom stereocenters. The molecule has 2 fully saturated rings. The van der Waals surface area contributed by atoms with Crippen molar-refractivity contribution < 1.29 is 9.63 Å². The van der Waals surface area contributed by atoms with Gasteiger partial charge in [-0.2, -0.15) is 11.8 Å². The fourth-order valence-corrected chi connectivity index (χ4v) is 5.11. The quantitative estimate of drug-likeness (QED) is 0.604. The molecule has 1 aliphatic heterocycles. The molecule has 6 heteroatoms. The second-order valence-corrected chi connectivity index (χ2v) is 9.04. The largest absolute Gasteiger partial charge is 0.508 e. The number of halogens is 1. The van der Waals surface area contributed by atoms with Crippen LogP contribution in [-0.4, -0.2) is 46.3 Å². The minimum absolute atomic E-state index is 0. The van der Waals surface area contributed by atoms with E-state index >= 15 is 0 Å². The van der Waals surface area contributed by atoms with Gasteiger partial charge >= 0.3 is 0 Å². The van der Waals surface area contributed by atoms with Crippen molar-refractivity contribution in [2.45, 2.75) is 18.3 Å². The zero-order valence-electron chi connectivity index (χ0n) is 16.2. The van der Waals surface area contributed by atoms with Crippen molar-refractivity contribution in [1.29, 1.82) is 0 Å². The Kier molecular flexibility index (Phi) is 5.91. The minimum Gasteiger partial charge on any atom is -0.508 e. The standard InChI is InChI=1S/C23H24N2O2S.ClH/c26-19-8-6-18(7-9-19)21-20(17-4-2-1-3-5-17)22(27-24-21)23(10-11-23)16-25-12-14-28-15-13-25;/h1-9,26H,10-16H2;1H. The number of nitrogens with zero attached hydrogens (tertiary/aromatic N) is 2. The average Bonchev–Trinajstić information content (AvgIpc) is 3.37. The van der Waals surface area contributed by atoms with E-state index in [4.69, 9.17) is 4.52 Å². The number of thioether (sulfide) groups is 1. The van der Waals surface area contributed by atoms with Crippen molar-refractivity contribution in [2.75, 3.05) is 31.1 Å². The fraction of sp³-hybridized carbons (Fsp3) is 0.348. The van der Waals surface area contributed by atoms with Gasteiger partial charge in [0, 0.05) is 42.1 Å². The van der Waals surface area contributed by atoms with Crippen LogP contribution in [0.1, 0.15) is 18.6 Å². The van der Waals surface area contributed by atoms with E-state index in [1.54, 1.807) is 12.1 Å². The Morgan fingerprint density at radius 3 is 2.31 bits per heavy atom. The Labute approximate surface area is 181 Å². The van der Waals surface area contributed by atoms with E-state index in [0.717, 1.165) is 60.6 Å². The third-order valence-electron chi connectivity index (χ3n) is 5.86. The maximum atomic E-state index is 9.67. The first-order valence-electron chi connectivity index (χ1n) is 9.90. The first kappa shape index (κ1) is 20.3. The van der Waals surface area contributed by atoms with Crippen molar-refractivity contribution in [3.63, 3.8) is 0 Å². The molecule has 2 aliphatic rings. The Bertz CT molecular complexity index is 949. The SMILES string of the molecule is Cl.Oc1ccc(-c2noc(C3(CN4CCSCC4)CC3)c2-c2ccccc2)cc1. The summed E-state index contributed by atoms with van der Waals surface area (Å²) in [6.07, 6.45) is 2.31. The Morgan fingerprint density at radius 2 is 1.66 bits per heavy atom. The lowest BCUT2D eigenvalue weighted by molar-refractivity contribution is 0.247. The number of aromatic hydroxyl groups is 1. The van der Waals surface area contributed by atoms with Gasteiger partial charge in [0.1, 0.15) is 11.4 Å². The molecule has 1 saturated heterocycles. The highest BCUT2D eigenvalue weighted by Gasteiger charge is 2.51. The Hall–Kier alpha value is -1.95. The molecular formula is C23H25ClN2O2S. The molecule has 1 saturated carbocycles. The van der Waals surface area contributed by atoms with E-state index in [1.807, 2.05) is 30.0 Å². The van der Waals surface area contributed by atoms with E-state index in [0.29, 0.717) is 0 Å². The molecule has 0 bridgehead atoms. The average molecular weight is 429 g/mol. The lowest BCUT2D eigenvalue weighted by Crippen LogP contribution is -2.38. The molecule has 2 heterocycles. The zero-order chi connectivity index (χ0) is 19.0. The van der Waals surface area contributed by atoms with E-state index in [1.165, 1.54) is 11.5 Å². The number of hydrogen-bond donors (Lipinski definition) is 1. The molecule has 1 aliphatic carbocycles. The monoisotopic (exact) mass is 428 g/mol. The van der Waals surface area contributed by atoms with Gasteiger partial charge in [-0.3, -0.25) is 0 Å². The van der Waals surface area contributed by atoms with Gasteiger partial charge in [-0.05, 0) is 42.7 Å². The van der Waals surface area contributed by atoms with E-state index in [2.05, 4.69) is 34.3 Å². The van der Waals surface area contributed by atoms with E-state index in [9.17, 15) is 5.11 Å². The van der Waals surface area contributed by atoms with Crippen LogP contribution in [0.4, 0.5) is 0 Å². The molecule has 4 nitrogen and oxygen atoms in total. The molecule has 3 aromatic rings. The highest BCUT2D eigenvalue weighted by atomic mass is 35.5. The van der Waals surface area contributed by atoms with Crippen molar-refractivity contribution in [3.8, 4) is 28.1 Å². The first-order valence-corrected chi connectivity index (χ1v) is 11.1. The van der Waals surface area contributed by atoms with Crippen molar-refractivity contribution in [1.82, 2.24) is 10.1 Å². The smallest absolute Gasteiger partial charge is 0.152 e. The van der Waals surface area contributed by atoms with Crippen LogP contribution in [0.15, 0.2) is 59.1 Å². The van der Waals surface area contributed by atoms with Crippen LogP contribution in [0.25, 0.3) is 22.4 Å². The van der Waals surface area contributed by atoms with Crippen LogP contribution in [0.5, 0.6) is 5.75 Å². The third kappa shape index (κ3) is 4.04. The summed E-state index contributed by atoms with van der Waals surface area (Å²) < 4.78 is 6.06. The van der Waals surface area contributed by atoms with Gasteiger partial charge in [-0.15, -0.1) is 12.4 Å². The maximum absolute atomic E-state index is 9.67. The first-order chi connectivity index (χ1) is 13.8. The lowest BCUT2D eigenvalue weighted by atomic mass is 9.91. The zero-order valence-corrected chi connectivity index (χ0v) is 17.8. The summed E-state index contributed by atoms with van der Waals surface area (Å²) in [4.78, 5) is 2.58. The number of rotatable bonds is 5. The number of phenols is 1. The molecule has 1 N–H and O–H groups in total. The van der Waals surface area contributed by atoms with Gasteiger partial charge in [0.15, 0.2) is 5.76 Å². The predicted molar refractivity (Wildman–Crippen MR) is 121 cm³/mol. The molecule has 1 aromatic heterocycles. The number of hydrogen-bond acceptors (Lipinski definition) is 5. The summed E-state index contributed by atoms with van der Waals surface area (Å²) in [5.41, 5.74) is 4.16.